The molecule has 0 saturated heterocycles. The van der Waals surface area contributed by atoms with Gasteiger partial charge in [-0.05, 0) is 43.4 Å². The van der Waals surface area contributed by atoms with Crippen LogP contribution in [0.4, 0.5) is 27.6 Å². The Morgan fingerprint density at radius 2 is 1.86 bits per heavy atom. The summed E-state index contributed by atoms with van der Waals surface area (Å²) in [5, 5.41) is 2.65. The van der Waals surface area contributed by atoms with Gasteiger partial charge >= 0.3 is 6.18 Å². The molecule has 0 unspecified atom stereocenters. The second kappa shape index (κ2) is 10.2. The number of benzene rings is 1. The molecule has 1 fully saturated rings. The van der Waals surface area contributed by atoms with E-state index in [1.165, 1.54) is 23.4 Å². The molecule has 0 aromatic heterocycles. The molecule has 1 aromatic carbocycles. The quantitative estimate of drug-likeness (QED) is 0.312. The van der Waals surface area contributed by atoms with Crippen LogP contribution in [-0.2, 0) is 0 Å². The minimum absolute atomic E-state index is 0.00773. The highest BCUT2D eigenvalue weighted by Crippen LogP contribution is 2.45. The second-order valence-corrected chi connectivity index (χ2v) is 9.11. The van der Waals surface area contributed by atoms with Gasteiger partial charge in [0.2, 0.25) is 0 Å². The number of hydrogen-bond donors (Lipinski definition) is 1. The molecular formula is C27H30F5N3. The van der Waals surface area contributed by atoms with E-state index >= 15 is 0 Å². The molecule has 0 amide bonds. The first-order valence-electron chi connectivity index (χ1n) is 11.5. The average molecular weight is 492 g/mol. The second-order valence-electron chi connectivity index (χ2n) is 9.11. The van der Waals surface area contributed by atoms with Crippen molar-refractivity contribution in [3.8, 4) is 0 Å². The maximum atomic E-state index is 14.8. The molecule has 1 aromatic rings. The van der Waals surface area contributed by atoms with Crippen molar-refractivity contribution in [2.45, 2.75) is 58.2 Å². The third kappa shape index (κ3) is 5.41. The molecule has 1 saturated carbocycles. The summed E-state index contributed by atoms with van der Waals surface area (Å²) in [5.74, 6) is -1.13. The van der Waals surface area contributed by atoms with Gasteiger partial charge in [0.25, 0.3) is 0 Å². The van der Waals surface area contributed by atoms with E-state index in [0.29, 0.717) is 29.8 Å². The zero-order chi connectivity index (χ0) is 26.0. The van der Waals surface area contributed by atoms with Gasteiger partial charge in [0.1, 0.15) is 23.0 Å². The van der Waals surface area contributed by atoms with Crippen molar-refractivity contribution in [2.75, 3.05) is 4.90 Å². The maximum Gasteiger partial charge on any atom is 0.411 e. The number of nitrogens with one attached hydrogen (secondary N) is 1. The molecule has 1 N–H and O–H groups in total. The van der Waals surface area contributed by atoms with Crippen LogP contribution in [0, 0.1) is 17.6 Å². The van der Waals surface area contributed by atoms with E-state index in [-0.39, 0.29) is 35.7 Å². The van der Waals surface area contributed by atoms with E-state index in [2.05, 4.69) is 23.5 Å². The van der Waals surface area contributed by atoms with E-state index in [9.17, 15) is 22.0 Å². The largest absolute Gasteiger partial charge is 0.411 e. The van der Waals surface area contributed by atoms with Gasteiger partial charge in [-0.15, -0.1) is 0 Å². The van der Waals surface area contributed by atoms with Gasteiger partial charge in [-0.25, -0.2) is 13.8 Å². The first kappa shape index (κ1) is 26.4. The van der Waals surface area contributed by atoms with Crippen LogP contribution < -0.4 is 10.2 Å². The third-order valence-electron chi connectivity index (χ3n) is 6.16. The monoisotopic (exact) mass is 491 g/mol. The molecule has 8 heteroatoms. The van der Waals surface area contributed by atoms with E-state index in [4.69, 9.17) is 0 Å². The molecule has 35 heavy (non-hydrogen) atoms. The maximum absolute atomic E-state index is 14.8. The Kier molecular flexibility index (Phi) is 7.72. The molecule has 3 nitrogen and oxygen atoms in total. The van der Waals surface area contributed by atoms with Gasteiger partial charge in [0.15, 0.2) is 0 Å². The van der Waals surface area contributed by atoms with E-state index in [1.807, 2.05) is 19.9 Å². The van der Waals surface area contributed by atoms with Crippen LogP contribution in [0.25, 0.3) is 0 Å². The normalized spacial score (nSPS) is 18.8. The van der Waals surface area contributed by atoms with Crippen LogP contribution in [-0.4, -0.2) is 17.9 Å². The lowest BCUT2D eigenvalue weighted by atomic mass is 9.90. The van der Waals surface area contributed by atoms with Crippen molar-refractivity contribution in [1.82, 2.24) is 5.32 Å². The first-order valence-corrected chi connectivity index (χ1v) is 11.5. The molecule has 1 aliphatic carbocycles. The summed E-state index contributed by atoms with van der Waals surface area (Å²) < 4.78 is 70.6. The summed E-state index contributed by atoms with van der Waals surface area (Å²) in [6, 6.07) is 3.11. The minimum Gasteiger partial charge on any atom is -0.371 e. The van der Waals surface area contributed by atoms with Crippen LogP contribution in [0.3, 0.4) is 0 Å². The SMILES string of the molecule is C=C(NC1(C(F)(F)F)CCCC1)C1=CN(c2ccc(F)cc2F)C(N=CC)=C(/C=C\C(C)C)C1=C. The van der Waals surface area contributed by atoms with Crippen LogP contribution in [0.15, 0.2) is 82.9 Å². The highest BCUT2D eigenvalue weighted by atomic mass is 19.4. The molecule has 1 aliphatic heterocycles. The van der Waals surface area contributed by atoms with Crippen molar-refractivity contribution in [3.63, 3.8) is 0 Å². The van der Waals surface area contributed by atoms with Crippen molar-refractivity contribution in [2.24, 2.45) is 10.9 Å². The molecule has 0 bridgehead atoms. The zero-order valence-electron chi connectivity index (χ0n) is 20.1. The average Bonchev–Trinajstić information content (AvgIpc) is 3.24. The summed E-state index contributed by atoms with van der Waals surface area (Å²) in [7, 11) is 0. The smallest absolute Gasteiger partial charge is 0.371 e. The van der Waals surface area contributed by atoms with E-state index in [0.717, 1.165) is 12.1 Å². The van der Waals surface area contributed by atoms with E-state index < -0.39 is 23.3 Å². The topological polar surface area (TPSA) is 27.6 Å². The Morgan fingerprint density at radius 1 is 1.20 bits per heavy atom. The standard InChI is InChI=1S/C27H30F5N3/c1-6-33-25-21(11-9-17(2)3)18(4)22(16-35(25)24-12-10-20(28)15-23(24)29)19(5)34-26(27(30,31)32)13-7-8-14-26/h6,9-12,15-17,34H,4-5,7-8,13-14H2,1-3H3/b11-9-,33-6?. The highest BCUT2D eigenvalue weighted by molar-refractivity contribution is 5.72. The van der Waals surface area contributed by atoms with Crippen LogP contribution in [0.2, 0.25) is 0 Å². The van der Waals surface area contributed by atoms with Crippen LogP contribution >= 0.6 is 0 Å². The van der Waals surface area contributed by atoms with Crippen molar-refractivity contribution in [3.05, 3.63) is 89.6 Å². The molecule has 0 spiro atoms. The number of rotatable bonds is 7. The zero-order valence-corrected chi connectivity index (χ0v) is 20.1. The molecule has 3 rings (SSSR count). The Morgan fingerprint density at radius 3 is 2.40 bits per heavy atom. The fourth-order valence-electron chi connectivity index (χ4n) is 4.33. The summed E-state index contributed by atoms with van der Waals surface area (Å²) >= 11 is 0. The number of halogens is 5. The predicted octanol–water partition coefficient (Wildman–Crippen LogP) is 7.72. The predicted molar refractivity (Wildman–Crippen MR) is 131 cm³/mol. The van der Waals surface area contributed by atoms with Crippen molar-refractivity contribution < 1.29 is 22.0 Å². The molecule has 1 heterocycles. The summed E-state index contributed by atoms with van der Waals surface area (Å²) in [6.45, 7) is 13.6. The van der Waals surface area contributed by atoms with Crippen LogP contribution in [0.1, 0.15) is 46.5 Å². The van der Waals surface area contributed by atoms with Gasteiger partial charge in [-0.3, -0.25) is 4.90 Å². The van der Waals surface area contributed by atoms with Gasteiger partial charge in [0, 0.05) is 35.3 Å². The lowest BCUT2D eigenvalue weighted by molar-refractivity contribution is -0.192. The Balaban J connectivity index is 2.15. The minimum atomic E-state index is -4.47. The fraction of sp³-hybridized carbons (Fsp3) is 0.370. The number of anilines is 1. The molecule has 0 radical (unpaired) electrons. The fourth-order valence-corrected chi connectivity index (χ4v) is 4.33. The van der Waals surface area contributed by atoms with E-state index in [1.54, 1.807) is 13.0 Å². The lowest BCUT2D eigenvalue weighted by Crippen LogP contribution is -2.54. The van der Waals surface area contributed by atoms with Gasteiger partial charge < -0.3 is 5.32 Å². The summed E-state index contributed by atoms with van der Waals surface area (Å²) in [4.78, 5) is 5.79. The van der Waals surface area contributed by atoms with Gasteiger partial charge in [-0.1, -0.05) is 52.0 Å². The molecule has 2 aliphatic rings. The van der Waals surface area contributed by atoms with Gasteiger partial charge in [0.05, 0.1) is 5.69 Å². The highest BCUT2D eigenvalue weighted by Gasteiger charge is 2.56. The number of nitrogens with zero attached hydrogens (tertiary/aromatic N) is 2. The number of allylic oxidation sites excluding steroid dienone is 4. The Bertz CT molecular complexity index is 1120. The molecule has 0 atom stereocenters. The van der Waals surface area contributed by atoms with Crippen molar-refractivity contribution >= 4 is 11.9 Å². The summed E-state index contributed by atoms with van der Waals surface area (Å²) in [6.07, 6.45) is 2.91. The summed E-state index contributed by atoms with van der Waals surface area (Å²) in [5.41, 5.74) is -0.898. The lowest BCUT2D eigenvalue weighted by Gasteiger charge is -2.37. The Hall–Kier alpha value is -3.16. The van der Waals surface area contributed by atoms with Crippen molar-refractivity contribution in [1.29, 1.82) is 0 Å². The van der Waals surface area contributed by atoms with Gasteiger partial charge in [-0.2, -0.15) is 13.2 Å². The third-order valence-corrected chi connectivity index (χ3v) is 6.16. The molecule has 188 valence electrons. The number of aliphatic imine (C=N–C) groups is 1. The molecular weight excluding hydrogens is 461 g/mol. The number of hydrogen-bond acceptors (Lipinski definition) is 3. The number of alkyl halides is 3. The first-order chi connectivity index (χ1) is 16.4. The Labute approximate surface area is 203 Å². The van der Waals surface area contributed by atoms with Crippen LogP contribution in [0.5, 0.6) is 0 Å².